The second-order valence-electron chi connectivity index (χ2n) is 8.76. The van der Waals surface area contributed by atoms with Crippen LogP contribution in [0.5, 0.6) is 0 Å². The minimum Gasteiger partial charge on any atom is -0.340 e. The molecule has 1 aromatic rings. The van der Waals surface area contributed by atoms with E-state index in [0.29, 0.717) is 18.7 Å². The van der Waals surface area contributed by atoms with Crippen LogP contribution >= 0.6 is 0 Å². The van der Waals surface area contributed by atoms with Crippen molar-refractivity contribution in [3.8, 4) is 0 Å². The average molecular weight is 402 g/mol. The molecule has 1 atom stereocenters. The highest BCUT2D eigenvalue weighted by Crippen LogP contribution is 2.33. The van der Waals surface area contributed by atoms with E-state index in [9.17, 15) is 14.0 Å². The van der Waals surface area contributed by atoms with Crippen molar-refractivity contribution in [1.29, 1.82) is 0 Å². The van der Waals surface area contributed by atoms with Gasteiger partial charge in [-0.05, 0) is 56.8 Å². The molecule has 1 aromatic carbocycles. The molecule has 1 aliphatic carbocycles. The van der Waals surface area contributed by atoms with E-state index >= 15 is 0 Å². The molecular weight excluding hydrogens is 369 g/mol. The number of amides is 2. The number of hydrogen-bond acceptors (Lipinski definition) is 3. The van der Waals surface area contributed by atoms with E-state index in [2.05, 4.69) is 9.80 Å². The van der Waals surface area contributed by atoms with Crippen LogP contribution in [0.15, 0.2) is 24.3 Å². The third-order valence-electron chi connectivity index (χ3n) is 6.57. The first kappa shape index (κ1) is 20.3. The SMILES string of the molecule is O=C(Cc1ccccc1F)N1CCC(N(CCN2CCCCC2)C(=O)C2CC2)C1. The maximum atomic E-state index is 13.9. The van der Waals surface area contributed by atoms with Crippen molar-refractivity contribution in [3.05, 3.63) is 35.6 Å². The monoisotopic (exact) mass is 401 g/mol. The molecule has 3 aliphatic rings. The topological polar surface area (TPSA) is 43.9 Å². The third kappa shape index (κ3) is 5.16. The van der Waals surface area contributed by atoms with Gasteiger partial charge in [0.15, 0.2) is 0 Å². The predicted molar refractivity (Wildman–Crippen MR) is 110 cm³/mol. The van der Waals surface area contributed by atoms with Crippen LogP contribution in [0.3, 0.4) is 0 Å². The predicted octanol–water partition coefficient (Wildman–Crippen LogP) is 2.69. The lowest BCUT2D eigenvalue weighted by Gasteiger charge is -2.33. The molecule has 1 unspecified atom stereocenters. The molecule has 5 nitrogen and oxygen atoms in total. The maximum absolute atomic E-state index is 13.9. The molecule has 0 spiro atoms. The summed E-state index contributed by atoms with van der Waals surface area (Å²) >= 11 is 0. The quantitative estimate of drug-likeness (QED) is 0.706. The van der Waals surface area contributed by atoms with E-state index in [1.54, 1.807) is 18.2 Å². The number of carbonyl (C=O) groups is 2. The Bertz CT molecular complexity index is 731. The fourth-order valence-corrected chi connectivity index (χ4v) is 4.61. The van der Waals surface area contributed by atoms with E-state index in [1.807, 2.05) is 4.90 Å². The first-order valence-electron chi connectivity index (χ1n) is 11.2. The first-order chi connectivity index (χ1) is 14.1. The molecule has 2 aliphatic heterocycles. The highest BCUT2D eigenvalue weighted by Gasteiger charge is 2.39. The smallest absolute Gasteiger partial charge is 0.227 e. The zero-order valence-electron chi connectivity index (χ0n) is 17.2. The zero-order chi connectivity index (χ0) is 20.2. The molecule has 29 heavy (non-hydrogen) atoms. The summed E-state index contributed by atoms with van der Waals surface area (Å²) in [4.78, 5) is 32.0. The van der Waals surface area contributed by atoms with Gasteiger partial charge in [0.05, 0.1) is 12.5 Å². The number of halogens is 1. The Hall–Kier alpha value is -1.95. The molecule has 2 saturated heterocycles. The van der Waals surface area contributed by atoms with Gasteiger partial charge in [-0.15, -0.1) is 0 Å². The van der Waals surface area contributed by atoms with Gasteiger partial charge in [0.1, 0.15) is 5.82 Å². The minimum absolute atomic E-state index is 0.0487. The van der Waals surface area contributed by atoms with Gasteiger partial charge < -0.3 is 14.7 Å². The lowest BCUT2D eigenvalue weighted by molar-refractivity contribution is -0.136. The standard InChI is InChI=1S/C23H32FN3O2/c24-21-7-3-2-6-19(21)16-22(28)26-13-10-20(17-26)27(23(29)18-8-9-18)15-14-25-11-4-1-5-12-25/h2-3,6-7,18,20H,1,4-5,8-17H2. The van der Waals surface area contributed by atoms with E-state index in [4.69, 9.17) is 0 Å². The minimum atomic E-state index is -0.330. The van der Waals surface area contributed by atoms with Gasteiger partial charge >= 0.3 is 0 Å². The molecule has 0 radical (unpaired) electrons. The number of piperidine rings is 1. The van der Waals surface area contributed by atoms with Crippen molar-refractivity contribution in [3.63, 3.8) is 0 Å². The van der Waals surface area contributed by atoms with E-state index in [1.165, 1.54) is 25.3 Å². The molecule has 0 aromatic heterocycles. The van der Waals surface area contributed by atoms with Gasteiger partial charge in [-0.25, -0.2) is 4.39 Å². The first-order valence-corrected chi connectivity index (χ1v) is 11.2. The Labute approximate surface area is 172 Å². The molecule has 3 fully saturated rings. The molecule has 0 N–H and O–H groups in total. The summed E-state index contributed by atoms with van der Waals surface area (Å²) in [6, 6.07) is 6.56. The van der Waals surface area contributed by atoms with Crippen LogP contribution < -0.4 is 0 Å². The van der Waals surface area contributed by atoms with Gasteiger partial charge in [-0.3, -0.25) is 9.59 Å². The largest absolute Gasteiger partial charge is 0.340 e. The summed E-state index contributed by atoms with van der Waals surface area (Å²) in [6.07, 6.45) is 6.72. The summed E-state index contributed by atoms with van der Waals surface area (Å²) in [6.45, 7) is 5.17. The average Bonchev–Trinajstić information content (AvgIpc) is 3.48. The van der Waals surface area contributed by atoms with E-state index in [0.717, 1.165) is 45.4 Å². The fraction of sp³-hybridized carbons (Fsp3) is 0.652. The van der Waals surface area contributed by atoms with Crippen molar-refractivity contribution in [2.45, 2.75) is 51.0 Å². The summed E-state index contributed by atoms with van der Waals surface area (Å²) < 4.78 is 13.9. The fourth-order valence-electron chi connectivity index (χ4n) is 4.61. The van der Waals surface area contributed by atoms with E-state index in [-0.39, 0.29) is 36.0 Å². The third-order valence-corrected chi connectivity index (χ3v) is 6.57. The molecule has 1 saturated carbocycles. The Morgan fingerprint density at radius 2 is 1.79 bits per heavy atom. The summed E-state index contributed by atoms with van der Waals surface area (Å²) in [7, 11) is 0. The van der Waals surface area contributed by atoms with Crippen molar-refractivity contribution in [1.82, 2.24) is 14.7 Å². The van der Waals surface area contributed by atoms with Gasteiger partial charge in [-0.2, -0.15) is 0 Å². The molecule has 158 valence electrons. The highest BCUT2D eigenvalue weighted by atomic mass is 19.1. The van der Waals surface area contributed by atoms with Gasteiger partial charge in [-0.1, -0.05) is 24.6 Å². The molecule has 2 amide bonds. The zero-order valence-corrected chi connectivity index (χ0v) is 17.2. The summed E-state index contributed by atoms with van der Waals surface area (Å²) in [5.74, 6) is 0.0889. The van der Waals surface area contributed by atoms with Crippen LogP contribution in [0.4, 0.5) is 4.39 Å². The Kier molecular flexibility index (Phi) is 6.48. The molecule has 2 heterocycles. The Balaban J connectivity index is 1.35. The number of likely N-dealkylation sites (tertiary alicyclic amines) is 2. The van der Waals surface area contributed by atoms with Gasteiger partial charge in [0.25, 0.3) is 0 Å². The van der Waals surface area contributed by atoms with Crippen molar-refractivity contribution in [2.75, 3.05) is 39.3 Å². The molecular formula is C23H32FN3O2. The van der Waals surface area contributed by atoms with Crippen molar-refractivity contribution in [2.24, 2.45) is 5.92 Å². The van der Waals surface area contributed by atoms with E-state index < -0.39 is 0 Å². The summed E-state index contributed by atoms with van der Waals surface area (Å²) in [5.41, 5.74) is 0.442. The Morgan fingerprint density at radius 1 is 1.03 bits per heavy atom. The molecule has 4 rings (SSSR count). The van der Waals surface area contributed by atoms with Crippen LogP contribution in [-0.2, 0) is 16.0 Å². The highest BCUT2D eigenvalue weighted by molar-refractivity contribution is 5.82. The maximum Gasteiger partial charge on any atom is 0.227 e. The molecule has 6 heteroatoms. The van der Waals surface area contributed by atoms with Crippen molar-refractivity contribution >= 4 is 11.8 Å². The Morgan fingerprint density at radius 3 is 2.52 bits per heavy atom. The number of carbonyl (C=O) groups excluding carboxylic acids is 2. The number of benzene rings is 1. The van der Waals surface area contributed by atoms with Crippen LogP contribution in [0.25, 0.3) is 0 Å². The second kappa shape index (κ2) is 9.24. The van der Waals surface area contributed by atoms with Crippen molar-refractivity contribution < 1.29 is 14.0 Å². The lowest BCUT2D eigenvalue weighted by atomic mass is 10.1. The van der Waals surface area contributed by atoms with Gasteiger partial charge in [0, 0.05) is 32.1 Å². The number of nitrogens with zero attached hydrogens (tertiary/aromatic N) is 3. The number of rotatable bonds is 7. The summed E-state index contributed by atoms with van der Waals surface area (Å²) in [5, 5.41) is 0. The van der Waals surface area contributed by atoms with Crippen LogP contribution in [0.1, 0.15) is 44.1 Å². The lowest BCUT2D eigenvalue weighted by Crippen LogP contribution is -2.47. The number of hydrogen-bond donors (Lipinski definition) is 0. The van der Waals surface area contributed by atoms with Crippen LogP contribution in [-0.4, -0.2) is 71.8 Å². The second-order valence-corrected chi connectivity index (χ2v) is 8.76. The van der Waals surface area contributed by atoms with Crippen LogP contribution in [0.2, 0.25) is 0 Å². The normalized spacial score (nSPS) is 22.7. The van der Waals surface area contributed by atoms with Gasteiger partial charge in [0.2, 0.25) is 11.8 Å². The van der Waals surface area contributed by atoms with Crippen LogP contribution in [0, 0.1) is 11.7 Å². The molecule has 0 bridgehead atoms.